The number of amides is 1. The van der Waals surface area contributed by atoms with Gasteiger partial charge in [0, 0.05) is 25.1 Å². The van der Waals surface area contributed by atoms with Crippen LogP contribution in [-0.2, 0) is 22.5 Å². The summed E-state index contributed by atoms with van der Waals surface area (Å²) in [6.07, 6.45) is 5.53. The maximum Gasteiger partial charge on any atom is 0.249 e. The maximum absolute atomic E-state index is 12.0. The molecular weight excluding hydrogens is 390 g/mol. The number of hydrogen-bond donors (Lipinski definition) is 1. The molecule has 1 aliphatic rings. The number of carbonyl (C=O) groups is 1. The fourth-order valence-electron chi connectivity index (χ4n) is 4.19. The summed E-state index contributed by atoms with van der Waals surface area (Å²) in [6, 6.07) is 16.4. The Balaban J connectivity index is 1.35. The molecule has 6 nitrogen and oxygen atoms in total. The fourth-order valence-corrected chi connectivity index (χ4v) is 4.19. The van der Waals surface area contributed by atoms with Gasteiger partial charge in [0.25, 0.3) is 0 Å². The highest BCUT2D eigenvalue weighted by molar-refractivity contribution is 5.80. The number of para-hydroxylation sites is 3. The summed E-state index contributed by atoms with van der Waals surface area (Å²) < 4.78 is 13.3. The summed E-state index contributed by atoms with van der Waals surface area (Å²) in [6.45, 7) is 2.14. The van der Waals surface area contributed by atoms with E-state index in [0.29, 0.717) is 13.2 Å². The maximum atomic E-state index is 12.0. The number of benzene rings is 2. The van der Waals surface area contributed by atoms with E-state index in [1.807, 2.05) is 24.3 Å². The second kappa shape index (κ2) is 10.4. The summed E-state index contributed by atoms with van der Waals surface area (Å²) in [5.41, 5.74) is 3.31. The number of rotatable bonds is 10. The van der Waals surface area contributed by atoms with Crippen molar-refractivity contribution in [3.63, 3.8) is 0 Å². The first kappa shape index (κ1) is 21.4. The van der Waals surface area contributed by atoms with E-state index in [1.54, 1.807) is 7.11 Å². The minimum atomic E-state index is -0.241. The van der Waals surface area contributed by atoms with Gasteiger partial charge < -0.3 is 19.4 Å². The number of fused-ring (bicyclic) bond motifs is 1. The van der Waals surface area contributed by atoms with Crippen LogP contribution in [0.4, 0.5) is 0 Å². The largest absolute Gasteiger partial charge is 0.496 e. The zero-order valence-corrected chi connectivity index (χ0v) is 18.2. The van der Waals surface area contributed by atoms with Crippen LogP contribution in [0.2, 0.25) is 0 Å². The van der Waals surface area contributed by atoms with Crippen LogP contribution in [0.5, 0.6) is 5.75 Å². The number of ether oxygens (including phenoxy) is 2. The van der Waals surface area contributed by atoms with Crippen LogP contribution in [-0.4, -0.2) is 41.8 Å². The number of nitrogens with zero attached hydrogens (tertiary/aromatic N) is 2. The van der Waals surface area contributed by atoms with Crippen LogP contribution < -0.4 is 10.1 Å². The van der Waals surface area contributed by atoms with Crippen molar-refractivity contribution in [2.75, 3.05) is 20.3 Å². The first-order chi connectivity index (χ1) is 15.3. The van der Waals surface area contributed by atoms with Crippen molar-refractivity contribution < 1.29 is 14.3 Å². The molecule has 6 heteroatoms. The minimum Gasteiger partial charge on any atom is -0.496 e. The van der Waals surface area contributed by atoms with Crippen LogP contribution in [0.1, 0.15) is 43.5 Å². The second-order valence-electron chi connectivity index (χ2n) is 8.02. The standard InChI is InChI=1S/C25H31N3O3/c1-30-22-13-7-4-10-19(22)18-28-21-12-6-5-11-20(21)27-24(28)15-3-2-8-16-26-25(29)23-14-9-17-31-23/h4-7,10-13,23H,2-3,8-9,14-18H2,1H3,(H,26,29). The summed E-state index contributed by atoms with van der Waals surface area (Å²) in [5.74, 6) is 2.03. The lowest BCUT2D eigenvalue weighted by Crippen LogP contribution is -2.34. The highest BCUT2D eigenvalue weighted by Crippen LogP contribution is 2.24. The Morgan fingerprint density at radius 1 is 1.16 bits per heavy atom. The normalized spacial score (nSPS) is 16.0. The van der Waals surface area contributed by atoms with Gasteiger partial charge in [-0.05, 0) is 43.9 Å². The second-order valence-corrected chi connectivity index (χ2v) is 8.02. The average Bonchev–Trinajstić information content (AvgIpc) is 3.45. The Morgan fingerprint density at radius 2 is 2.00 bits per heavy atom. The van der Waals surface area contributed by atoms with E-state index in [2.05, 4.69) is 34.1 Å². The Kier molecular flexibility index (Phi) is 7.20. The van der Waals surface area contributed by atoms with Gasteiger partial charge in [-0.3, -0.25) is 4.79 Å². The van der Waals surface area contributed by atoms with E-state index in [0.717, 1.165) is 73.2 Å². The molecule has 1 atom stereocenters. The SMILES string of the molecule is COc1ccccc1Cn1c(CCCCCNC(=O)C2CCCO2)nc2ccccc21. The molecule has 3 aromatic rings. The van der Waals surface area contributed by atoms with Gasteiger partial charge in [-0.1, -0.05) is 36.8 Å². The Hall–Kier alpha value is -2.86. The molecule has 0 saturated carbocycles. The Morgan fingerprint density at radius 3 is 2.84 bits per heavy atom. The predicted molar refractivity (Wildman–Crippen MR) is 121 cm³/mol. The molecule has 2 heterocycles. The lowest BCUT2D eigenvalue weighted by molar-refractivity contribution is -0.130. The molecule has 1 amide bonds. The zero-order valence-electron chi connectivity index (χ0n) is 18.2. The third kappa shape index (κ3) is 5.25. The van der Waals surface area contributed by atoms with E-state index < -0.39 is 0 Å². The van der Waals surface area contributed by atoms with Gasteiger partial charge in [-0.15, -0.1) is 0 Å². The van der Waals surface area contributed by atoms with Gasteiger partial charge in [0.1, 0.15) is 17.7 Å². The molecule has 1 N–H and O–H groups in total. The van der Waals surface area contributed by atoms with Crippen molar-refractivity contribution in [3.05, 3.63) is 59.9 Å². The molecule has 0 spiro atoms. The molecule has 1 aliphatic heterocycles. The van der Waals surface area contributed by atoms with E-state index in [9.17, 15) is 4.79 Å². The molecule has 4 rings (SSSR count). The van der Waals surface area contributed by atoms with Gasteiger partial charge in [-0.25, -0.2) is 4.98 Å². The Bertz CT molecular complexity index is 1010. The summed E-state index contributed by atoms with van der Waals surface area (Å²) >= 11 is 0. The quantitative estimate of drug-likeness (QED) is 0.501. The molecule has 1 saturated heterocycles. The molecule has 164 valence electrons. The first-order valence-corrected chi connectivity index (χ1v) is 11.2. The van der Waals surface area contributed by atoms with Gasteiger partial charge in [0.15, 0.2) is 0 Å². The van der Waals surface area contributed by atoms with Gasteiger partial charge in [0.05, 0.1) is 24.7 Å². The summed E-state index contributed by atoms with van der Waals surface area (Å²) in [4.78, 5) is 16.9. The van der Waals surface area contributed by atoms with Crippen LogP contribution in [0, 0.1) is 0 Å². The number of aryl methyl sites for hydroxylation is 1. The summed E-state index contributed by atoms with van der Waals surface area (Å²) in [5, 5.41) is 3.00. The van der Waals surface area contributed by atoms with Crippen molar-refractivity contribution in [2.45, 2.75) is 51.2 Å². The van der Waals surface area contributed by atoms with Crippen molar-refractivity contribution in [3.8, 4) is 5.75 Å². The van der Waals surface area contributed by atoms with Crippen LogP contribution in [0.3, 0.4) is 0 Å². The smallest absolute Gasteiger partial charge is 0.249 e. The van der Waals surface area contributed by atoms with E-state index >= 15 is 0 Å². The molecular formula is C25H31N3O3. The zero-order chi connectivity index (χ0) is 21.5. The van der Waals surface area contributed by atoms with Crippen LogP contribution >= 0.6 is 0 Å². The molecule has 1 unspecified atom stereocenters. The number of carbonyl (C=O) groups excluding carboxylic acids is 1. The first-order valence-electron chi connectivity index (χ1n) is 11.2. The topological polar surface area (TPSA) is 65.4 Å². The lowest BCUT2D eigenvalue weighted by Gasteiger charge is -2.13. The summed E-state index contributed by atoms with van der Waals surface area (Å²) in [7, 11) is 1.71. The molecule has 0 bridgehead atoms. The number of aromatic nitrogens is 2. The van der Waals surface area contributed by atoms with E-state index in [4.69, 9.17) is 14.5 Å². The molecule has 1 fully saturated rings. The van der Waals surface area contributed by atoms with Crippen LogP contribution in [0.15, 0.2) is 48.5 Å². The van der Waals surface area contributed by atoms with Gasteiger partial charge in [-0.2, -0.15) is 0 Å². The van der Waals surface area contributed by atoms with Crippen molar-refractivity contribution >= 4 is 16.9 Å². The van der Waals surface area contributed by atoms with Gasteiger partial charge in [0.2, 0.25) is 5.91 Å². The number of unbranched alkanes of at least 4 members (excludes halogenated alkanes) is 2. The third-order valence-corrected chi connectivity index (χ3v) is 5.85. The van der Waals surface area contributed by atoms with E-state index in [1.165, 1.54) is 0 Å². The van der Waals surface area contributed by atoms with E-state index in [-0.39, 0.29) is 12.0 Å². The Labute approximate surface area is 183 Å². The lowest BCUT2D eigenvalue weighted by atomic mass is 10.1. The predicted octanol–water partition coefficient (Wildman–Crippen LogP) is 4.10. The number of imidazole rings is 1. The average molecular weight is 422 g/mol. The number of hydrogen-bond acceptors (Lipinski definition) is 4. The van der Waals surface area contributed by atoms with Crippen molar-refractivity contribution in [2.24, 2.45) is 0 Å². The van der Waals surface area contributed by atoms with Gasteiger partial charge >= 0.3 is 0 Å². The van der Waals surface area contributed by atoms with Crippen LogP contribution in [0.25, 0.3) is 11.0 Å². The minimum absolute atomic E-state index is 0.0381. The number of methoxy groups -OCH3 is 1. The molecule has 31 heavy (non-hydrogen) atoms. The highest BCUT2D eigenvalue weighted by Gasteiger charge is 2.22. The molecule has 0 aliphatic carbocycles. The fraction of sp³-hybridized carbons (Fsp3) is 0.440. The number of nitrogens with one attached hydrogen (secondary N) is 1. The highest BCUT2D eigenvalue weighted by atomic mass is 16.5. The third-order valence-electron chi connectivity index (χ3n) is 5.85. The molecule has 0 radical (unpaired) electrons. The van der Waals surface area contributed by atoms with Crippen molar-refractivity contribution in [1.82, 2.24) is 14.9 Å². The van der Waals surface area contributed by atoms with Crippen molar-refractivity contribution in [1.29, 1.82) is 0 Å². The monoisotopic (exact) mass is 421 g/mol. The molecule has 2 aromatic carbocycles. The molecule has 1 aromatic heterocycles.